The standard InChI is InChI=1S/C28H32N2O/c1-2-3-10-21-16-17-27-26(19-21)25(15-7-8-18-29)28(30-27)22-11-9-14-24(20-22)31-23-12-5-4-6-13-23/h4-6,9,11-14,16-17,19-20,30H,2-3,7-8,10,15,18,29H2,1H3. The molecule has 3 aromatic carbocycles. The largest absolute Gasteiger partial charge is 0.457 e. The number of aromatic nitrogens is 1. The number of ether oxygens (including phenoxy) is 1. The normalized spacial score (nSPS) is 11.2. The SMILES string of the molecule is CCCCc1ccc2[nH]c(-c3cccc(Oc4ccccc4)c3)c(CCCCN)c2c1. The molecule has 160 valence electrons. The Hall–Kier alpha value is -3.04. The molecule has 0 bridgehead atoms. The average Bonchev–Trinajstić information content (AvgIpc) is 3.17. The fourth-order valence-corrected chi connectivity index (χ4v) is 4.12. The molecule has 4 rings (SSSR count). The van der Waals surface area contributed by atoms with Crippen LogP contribution in [0.5, 0.6) is 11.5 Å². The molecule has 0 amide bonds. The van der Waals surface area contributed by atoms with E-state index in [1.807, 2.05) is 36.4 Å². The number of nitrogens with one attached hydrogen (secondary N) is 1. The first kappa shape index (κ1) is 21.2. The van der Waals surface area contributed by atoms with Gasteiger partial charge in [0.1, 0.15) is 11.5 Å². The molecule has 3 nitrogen and oxygen atoms in total. The first-order chi connectivity index (χ1) is 15.3. The number of benzene rings is 3. The van der Waals surface area contributed by atoms with Crippen LogP contribution < -0.4 is 10.5 Å². The predicted octanol–water partition coefficient (Wildman–Crippen LogP) is 7.25. The highest BCUT2D eigenvalue weighted by Crippen LogP contribution is 2.34. The van der Waals surface area contributed by atoms with Crippen molar-refractivity contribution in [2.45, 2.75) is 45.4 Å². The van der Waals surface area contributed by atoms with Gasteiger partial charge in [0.25, 0.3) is 0 Å². The molecule has 0 aliphatic carbocycles. The van der Waals surface area contributed by atoms with Crippen LogP contribution in [0.25, 0.3) is 22.2 Å². The third kappa shape index (κ3) is 5.18. The summed E-state index contributed by atoms with van der Waals surface area (Å²) in [6.07, 6.45) is 6.73. The Bertz CT molecular complexity index is 1110. The van der Waals surface area contributed by atoms with E-state index in [0.29, 0.717) is 0 Å². The fraction of sp³-hybridized carbons (Fsp3) is 0.286. The molecule has 31 heavy (non-hydrogen) atoms. The fourth-order valence-electron chi connectivity index (χ4n) is 4.12. The van der Waals surface area contributed by atoms with E-state index < -0.39 is 0 Å². The van der Waals surface area contributed by atoms with Gasteiger partial charge in [0.05, 0.1) is 0 Å². The lowest BCUT2D eigenvalue weighted by molar-refractivity contribution is 0.483. The molecule has 0 aliphatic heterocycles. The first-order valence-corrected chi connectivity index (χ1v) is 11.5. The number of rotatable bonds is 10. The number of unbranched alkanes of at least 4 members (excludes halogenated alkanes) is 2. The van der Waals surface area contributed by atoms with Gasteiger partial charge in [0, 0.05) is 22.2 Å². The van der Waals surface area contributed by atoms with E-state index in [1.165, 1.54) is 40.6 Å². The van der Waals surface area contributed by atoms with Crippen LogP contribution in [0.3, 0.4) is 0 Å². The highest BCUT2D eigenvalue weighted by molar-refractivity contribution is 5.91. The maximum atomic E-state index is 6.09. The smallest absolute Gasteiger partial charge is 0.128 e. The number of hydrogen-bond acceptors (Lipinski definition) is 2. The minimum absolute atomic E-state index is 0.736. The van der Waals surface area contributed by atoms with Crippen LogP contribution in [0.2, 0.25) is 0 Å². The van der Waals surface area contributed by atoms with Crippen molar-refractivity contribution in [3.8, 4) is 22.8 Å². The molecule has 0 unspecified atom stereocenters. The van der Waals surface area contributed by atoms with Crippen molar-refractivity contribution in [3.05, 3.63) is 83.9 Å². The number of para-hydroxylation sites is 1. The summed E-state index contributed by atoms with van der Waals surface area (Å²) in [6, 6.07) is 25.2. The summed E-state index contributed by atoms with van der Waals surface area (Å²) in [5.41, 5.74) is 12.1. The second kappa shape index (κ2) is 10.3. The zero-order valence-corrected chi connectivity index (χ0v) is 18.4. The van der Waals surface area contributed by atoms with Crippen molar-refractivity contribution in [1.29, 1.82) is 0 Å². The number of nitrogens with two attached hydrogens (primary N) is 1. The minimum Gasteiger partial charge on any atom is -0.457 e. The highest BCUT2D eigenvalue weighted by atomic mass is 16.5. The lowest BCUT2D eigenvalue weighted by atomic mass is 9.98. The van der Waals surface area contributed by atoms with Gasteiger partial charge >= 0.3 is 0 Å². The Kier molecular flexibility index (Phi) is 7.06. The van der Waals surface area contributed by atoms with Gasteiger partial charge in [0.15, 0.2) is 0 Å². The van der Waals surface area contributed by atoms with Gasteiger partial charge in [-0.05, 0) is 86.2 Å². The molecule has 1 heterocycles. The quantitative estimate of drug-likeness (QED) is 0.269. The topological polar surface area (TPSA) is 51.0 Å². The Morgan fingerprint density at radius 2 is 1.65 bits per heavy atom. The van der Waals surface area contributed by atoms with Crippen molar-refractivity contribution in [2.24, 2.45) is 5.73 Å². The minimum atomic E-state index is 0.736. The monoisotopic (exact) mass is 412 g/mol. The third-order valence-electron chi connectivity index (χ3n) is 5.77. The van der Waals surface area contributed by atoms with Gasteiger partial charge in [0.2, 0.25) is 0 Å². The van der Waals surface area contributed by atoms with Gasteiger partial charge in [-0.15, -0.1) is 0 Å². The van der Waals surface area contributed by atoms with Gasteiger partial charge in [-0.2, -0.15) is 0 Å². The molecular weight excluding hydrogens is 380 g/mol. The van der Waals surface area contributed by atoms with Crippen LogP contribution >= 0.6 is 0 Å². The summed E-state index contributed by atoms with van der Waals surface area (Å²) in [6.45, 7) is 2.98. The summed E-state index contributed by atoms with van der Waals surface area (Å²) in [4.78, 5) is 3.69. The lowest BCUT2D eigenvalue weighted by Gasteiger charge is -2.09. The highest BCUT2D eigenvalue weighted by Gasteiger charge is 2.14. The summed E-state index contributed by atoms with van der Waals surface area (Å²) in [5.74, 6) is 1.69. The van der Waals surface area contributed by atoms with E-state index in [0.717, 1.165) is 49.3 Å². The molecule has 3 N–H and O–H groups in total. The van der Waals surface area contributed by atoms with Crippen LogP contribution in [0.1, 0.15) is 43.7 Å². The van der Waals surface area contributed by atoms with Crippen molar-refractivity contribution < 1.29 is 4.74 Å². The van der Waals surface area contributed by atoms with Crippen LogP contribution in [-0.4, -0.2) is 11.5 Å². The van der Waals surface area contributed by atoms with Gasteiger partial charge < -0.3 is 15.5 Å². The maximum absolute atomic E-state index is 6.09. The van der Waals surface area contributed by atoms with Gasteiger partial charge in [-0.3, -0.25) is 0 Å². The summed E-state index contributed by atoms with van der Waals surface area (Å²) >= 11 is 0. The van der Waals surface area contributed by atoms with Gasteiger partial charge in [-0.1, -0.05) is 49.7 Å². The molecule has 0 aliphatic rings. The van der Waals surface area contributed by atoms with Crippen LogP contribution in [0.15, 0.2) is 72.8 Å². The molecule has 1 aromatic heterocycles. The summed E-state index contributed by atoms with van der Waals surface area (Å²) in [5, 5.41) is 1.34. The van der Waals surface area contributed by atoms with Crippen molar-refractivity contribution >= 4 is 10.9 Å². The average molecular weight is 413 g/mol. The molecule has 0 radical (unpaired) electrons. The predicted molar refractivity (Wildman–Crippen MR) is 131 cm³/mol. The van der Waals surface area contributed by atoms with Gasteiger partial charge in [-0.25, -0.2) is 0 Å². The Labute approximate surface area is 185 Å². The molecule has 0 fully saturated rings. The molecule has 0 atom stereocenters. The molecule has 4 aromatic rings. The Morgan fingerprint density at radius 1 is 0.806 bits per heavy atom. The molecule has 0 saturated heterocycles. The van der Waals surface area contributed by atoms with Crippen molar-refractivity contribution in [3.63, 3.8) is 0 Å². The van der Waals surface area contributed by atoms with E-state index in [-0.39, 0.29) is 0 Å². The third-order valence-corrected chi connectivity index (χ3v) is 5.77. The second-order valence-electron chi connectivity index (χ2n) is 8.15. The second-order valence-corrected chi connectivity index (χ2v) is 8.15. The van der Waals surface area contributed by atoms with Crippen LogP contribution in [-0.2, 0) is 12.8 Å². The molecule has 0 saturated carbocycles. The zero-order valence-electron chi connectivity index (χ0n) is 18.4. The molecule has 3 heteroatoms. The van der Waals surface area contributed by atoms with Crippen LogP contribution in [0, 0.1) is 0 Å². The summed E-state index contributed by atoms with van der Waals surface area (Å²) < 4.78 is 6.09. The van der Waals surface area contributed by atoms with E-state index in [4.69, 9.17) is 10.5 Å². The number of hydrogen-bond donors (Lipinski definition) is 2. The number of fused-ring (bicyclic) bond motifs is 1. The Balaban J connectivity index is 1.71. The zero-order chi connectivity index (χ0) is 21.5. The number of H-pyrrole nitrogens is 1. The van der Waals surface area contributed by atoms with E-state index in [9.17, 15) is 0 Å². The Morgan fingerprint density at radius 3 is 2.45 bits per heavy atom. The molecule has 0 spiro atoms. The first-order valence-electron chi connectivity index (χ1n) is 11.5. The van der Waals surface area contributed by atoms with E-state index in [1.54, 1.807) is 0 Å². The van der Waals surface area contributed by atoms with Crippen molar-refractivity contribution in [2.75, 3.05) is 6.54 Å². The van der Waals surface area contributed by atoms with E-state index in [2.05, 4.69) is 48.3 Å². The lowest BCUT2D eigenvalue weighted by Crippen LogP contribution is -1.99. The van der Waals surface area contributed by atoms with Crippen molar-refractivity contribution in [1.82, 2.24) is 4.98 Å². The molecular formula is C28H32N2O. The van der Waals surface area contributed by atoms with Crippen LogP contribution in [0.4, 0.5) is 0 Å². The number of aromatic amines is 1. The number of aryl methyl sites for hydroxylation is 2. The summed E-state index contributed by atoms with van der Waals surface area (Å²) in [7, 11) is 0. The maximum Gasteiger partial charge on any atom is 0.128 e. The van der Waals surface area contributed by atoms with E-state index >= 15 is 0 Å².